The predicted molar refractivity (Wildman–Crippen MR) is 191 cm³/mol. The molecule has 42 heavy (non-hydrogen) atoms. The molecule has 0 amide bonds. The summed E-state index contributed by atoms with van der Waals surface area (Å²) >= 11 is 0. The van der Waals surface area contributed by atoms with Gasteiger partial charge in [-0.05, 0) is 129 Å². The molecule has 2 heteroatoms. The van der Waals surface area contributed by atoms with Crippen LogP contribution in [0.3, 0.4) is 0 Å². The Morgan fingerprint density at radius 1 is 0.810 bits per heavy atom. The summed E-state index contributed by atoms with van der Waals surface area (Å²) in [7, 11) is 0. The summed E-state index contributed by atoms with van der Waals surface area (Å²) < 4.78 is 0. The molecule has 1 saturated heterocycles. The van der Waals surface area contributed by atoms with Gasteiger partial charge in [-0.15, -0.1) is 0 Å². The molecule has 1 heterocycles. The molecular weight excluding hydrogens is 510 g/mol. The maximum absolute atomic E-state index is 11.4. The highest BCUT2D eigenvalue weighted by molar-refractivity contribution is 5.00. The molecule has 0 spiro atoms. The molecule has 0 radical (unpaired) electrons. The Hall–Kier alpha value is -0.0800. The van der Waals surface area contributed by atoms with Gasteiger partial charge in [0.2, 0.25) is 0 Å². The average molecular weight is 594 g/mol. The van der Waals surface area contributed by atoms with E-state index in [1.807, 2.05) is 13.8 Å². The van der Waals surface area contributed by atoms with Crippen LogP contribution in [-0.2, 0) is 0 Å². The highest BCUT2D eigenvalue weighted by atomic mass is 16.3. The quantitative estimate of drug-likeness (QED) is 0.293. The molecule has 0 aromatic heterocycles. The smallest absolute Gasteiger partial charge is 0.0574 e. The predicted octanol–water partition coefficient (Wildman–Crippen LogP) is 12.3. The van der Waals surface area contributed by atoms with Crippen LogP contribution in [0.2, 0.25) is 0 Å². The van der Waals surface area contributed by atoms with Crippen molar-refractivity contribution in [1.82, 2.24) is 5.32 Å². The van der Waals surface area contributed by atoms with Crippen molar-refractivity contribution in [3.63, 3.8) is 0 Å². The molecule has 2 N–H and O–H groups in total. The fourth-order valence-electron chi connectivity index (χ4n) is 9.12. The first-order chi connectivity index (χ1) is 19.9. The summed E-state index contributed by atoms with van der Waals surface area (Å²) in [6.45, 7) is 34.5. The highest BCUT2D eigenvalue weighted by Crippen LogP contribution is 2.59. The first-order valence-corrected chi connectivity index (χ1v) is 19.3. The zero-order chi connectivity index (χ0) is 32.6. The van der Waals surface area contributed by atoms with E-state index in [1.165, 1.54) is 90.0 Å². The van der Waals surface area contributed by atoms with Crippen LogP contribution in [-0.4, -0.2) is 24.3 Å². The molecule has 0 aromatic rings. The fourth-order valence-corrected chi connectivity index (χ4v) is 9.12. The van der Waals surface area contributed by atoms with Gasteiger partial charge in [0.05, 0.1) is 6.10 Å². The molecular formula is C40H83NO. The second kappa shape index (κ2) is 20.9. The lowest BCUT2D eigenvalue weighted by atomic mass is 9.50. The van der Waals surface area contributed by atoms with Gasteiger partial charge in [-0.25, -0.2) is 0 Å². The minimum atomic E-state index is -0.0796. The van der Waals surface area contributed by atoms with Crippen molar-refractivity contribution in [2.45, 2.75) is 193 Å². The van der Waals surface area contributed by atoms with E-state index in [4.69, 9.17) is 0 Å². The topological polar surface area (TPSA) is 32.3 Å². The van der Waals surface area contributed by atoms with E-state index >= 15 is 0 Å². The molecule has 0 aromatic carbocycles. The van der Waals surface area contributed by atoms with Crippen molar-refractivity contribution in [1.29, 1.82) is 0 Å². The Labute approximate surface area is 267 Å². The van der Waals surface area contributed by atoms with E-state index in [0.29, 0.717) is 28.1 Å². The van der Waals surface area contributed by atoms with Gasteiger partial charge in [0.25, 0.3) is 0 Å². The first kappa shape index (κ1) is 41.9. The lowest BCUT2D eigenvalue weighted by Crippen LogP contribution is -2.48. The second-order valence-electron chi connectivity index (χ2n) is 15.6. The summed E-state index contributed by atoms with van der Waals surface area (Å²) in [6.07, 6.45) is 18.1. The normalized spacial score (nSPS) is 32.4. The van der Waals surface area contributed by atoms with Gasteiger partial charge in [0, 0.05) is 0 Å². The maximum atomic E-state index is 11.4. The van der Waals surface area contributed by atoms with E-state index in [0.717, 1.165) is 36.6 Å². The zero-order valence-corrected chi connectivity index (χ0v) is 31.8. The monoisotopic (exact) mass is 594 g/mol. The van der Waals surface area contributed by atoms with Gasteiger partial charge >= 0.3 is 0 Å². The van der Waals surface area contributed by atoms with Gasteiger partial charge in [-0.1, -0.05) is 123 Å². The van der Waals surface area contributed by atoms with Crippen molar-refractivity contribution in [2.24, 2.45) is 51.8 Å². The van der Waals surface area contributed by atoms with E-state index < -0.39 is 0 Å². The van der Waals surface area contributed by atoms with Gasteiger partial charge in [0.1, 0.15) is 0 Å². The van der Waals surface area contributed by atoms with Gasteiger partial charge in [-0.3, -0.25) is 0 Å². The first-order valence-electron chi connectivity index (χ1n) is 19.3. The van der Waals surface area contributed by atoms with Crippen LogP contribution in [0.4, 0.5) is 0 Å². The molecule has 3 fully saturated rings. The molecule has 8 unspecified atom stereocenters. The summed E-state index contributed by atoms with van der Waals surface area (Å²) in [5.74, 6) is 4.30. The van der Waals surface area contributed by atoms with Crippen LogP contribution >= 0.6 is 0 Å². The SMILES string of the molecule is CC.CCC.CCC.CCC(C)C(C)(CC)CC1CCC2C(O)CC(C3CCC(C)(C)C(CC)(CC)C3)CC2CNC1. The van der Waals surface area contributed by atoms with E-state index in [9.17, 15) is 5.11 Å². The van der Waals surface area contributed by atoms with Crippen molar-refractivity contribution < 1.29 is 5.11 Å². The lowest BCUT2D eigenvalue weighted by molar-refractivity contribution is -0.0682. The van der Waals surface area contributed by atoms with E-state index in [2.05, 4.69) is 88.4 Å². The van der Waals surface area contributed by atoms with Crippen LogP contribution in [0, 0.1) is 51.8 Å². The minimum Gasteiger partial charge on any atom is -0.393 e. The Balaban J connectivity index is 0.00000190. The summed E-state index contributed by atoms with van der Waals surface area (Å²) in [5, 5.41) is 15.4. The van der Waals surface area contributed by atoms with Crippen LogP contribution in [0.1, 0.15) is 187 Å². The molecule has 3 rings (SSSR count). The minimum absolute atomic E-state index is 0.0796. The molecule has 2 saturated carbocycles. The molecule has 2 nitrogen and oxygen atoms in total. The summed E-state index contributed by atoms with van der Waals surface area (Å²) in [6, 6.07) is 0. The fraction of sp³-hybridized carbons (Fsp3) is 1.00. The Morgan fingerprint density at radius 2 is 1.38 bits per heavy atom. The molecule has 1 aliphatic heterocycles. The maximum Gasteiger partial charge on any atom is 0.0574 e. The third kappa shape index (κ3) is 11.4. The third-order valence-electron chi connectivity index (χ3n) is 12.6. The standard InChI is InChI=1S/C32H61NO.2C3H8.C2H6/c1-9-23(5)31(8,10-2)19-24-13-14-28-27(22-33-21-24)17-26(18-29(28)34)25-15-16-30(6,7)32(11-3,12-4)20-25;2*1-3-2;1-2/h23-29,33-34H,9-22H2,1-8H3;2*3H2,1-2H3;1-2H3. The van der Waals surface area contributed by atoms with Gasteiger partial charge < -0.3 is 10.4 Å². The largest absolute Gasteiger partial charge is 0.393 e. The third-order valence-corrected chi connectivity index (χ3v) is 12.6. The Morgan fingerprint density at radius 3 is 1.88 bits per heavy atom. The molecule has 0 bridgehead atoms. The van der Waals surface area contributed by atoms with Crippen molar-refractivity contribution in [3.05, 3.63) is 0 Å². The number of rotatable bonds is 8. The molecule has 8 atom stereocenters. The number of hydrogen-bond acceptors (Lipinski definition) is 2. The zero-order valence-electron chi connectivity index (χ0n) is 31.8. The Kier molecular flexibility index (Phi) is 20.8. The number of aliphatic hydroxyl groups excluding tert-OH is 1. The summed E-state index contributed by atoms with van der Waals surface area (Å²) in [4.78, 5) is 0. The van der Waals surface area contributed by atoms with E-state index in [1.54, 1.807) is 0 Å². The van der Waals surface area contributed by atoms with Crippen molar-refractivity contribution in [3.8, 4) is 0 Å². The van der Waals surface area contributed by atoms with E-state index in [-0.39, 0.29) is 6.10 Å². The van der Waals surface area contributed by atoms with Crippen LogP contribution in [0.15, 0.2) is 0 Å². The average Bonchev–Trinajstić information content (AvgIpc) is 2.96. The van der Waals surface area contributed by atoms with Crippen LogP contribution in [0.25, 0.3) is 0 Å². The van der Waals surface area contributed by atoms with Crippen LogP contribution < -0.4 is 5.32 Å². The molecule has 254 valence electrons. The molecule has 3 aliphatic rings. The van der Waals surface area contributed by atoms with Crippen molar-refractivity contribution >= 4 is 0 Å². The van der Waals surface area contributed by atoms with Crippen molar-refractivity contribution in [2.75, 3.05) is 13.1 Å². The van der Waals surface area contributed by atoms with Crippen LogP contribution in [0.5, 0.6) is 0 Å². The number of nitrogens with one attached hydrogen (secondary N) is 1. The number of aliphatic hydroxyl groups is 1. The van der Waals surface area contributed by atoms with Gasteiger partial charge in [-0.2, -0.15) is 0 Å². The Bertz CT molecular complexity index is 652. The number of fused-ring (bicyclic) bond motifs is 1. The van der Waals surface area contributed by atoms with Gasteiger partial charge in [0.15, 0.2) is 0 Å². The molecule has 2 aliphatic carbocycles. The number of hydrogen-bond donors (Lipinski definition) is 2. The lowest BCUT2D eigenvalue weighted by Gasteiger charge is -2.55. The highest BCUT2D eigenvalue weighted by Gasteiger charge is 2.50. The summed E-state index contributed by atoms with van der Waals surface area (Å²) in [5.41, 5.74) is 1.41. The second-order valence-corrected chi connectivity index (χ2v) is 15.6.